The Balaban J connectivity index is 2.99. The first-order valence-corrected chi connectivity index (χ1v) is 4.45. The average Bonchev–Trinajstić information content (AvgIpc) is 2.20. The zero-order chi connectivity index (χ0) is 11.4. The van der Waals surface area contributed by atoms with Crippen molar-refractivity contribution in [2.75, 3.05) is 0 Å². The summed E-state index contributed by atoms with van der Waals surface area (Å²) in [4.78, 5) is 14.4. The summed E-state index contributed by atoms with van der Waals surface area (Å²) in [5.74, 6) is 1.27. The molecule has 0 bridgehead atoms. The predicted molar refractivity (Wildman–Crippen MR) is 55.1 cm³/mol. The third kappa shape index (κ3) is 2.86. The van der Waals surface area contributed by atoms with Crippen molar-refractivity contribution < 1.29 is 14.6 Å². The minimum atomic E-state index is -1.21. The number of carboxylic acid groups (broad SMARTS) is 1. The molecule has 1 unspecified atom stereocenters. The largest absolute Gasteiger partial charge is 0.476 e. The molecule has 1 aromatic rings. The molecule has 0 amide bonds. The van der Waals surface area contributed by atoms with Crippen molar-refractivity contribution in [2.45, 2.75) is 13.0 Å². The fourth-order valence-corrected chi connectivity index (χ4v) is 1.04. The van der Waals surface area contributed by atoms with E-state index in [-0.39, 0.29) is 16.6 Å². The van der Waals surface area contributed by atoms with Crippen molar-refractivity contribution in [1.82, 2.24) is 4.98 Å². The molecule has 5 heteroatoms. The fourth-order valence-electron chi connectivity index (χ4n) is 0.855. The summed E-state index contributed by atoms with van der Waals surface area (Å²) in [6.07, 6.45) is 4.63. The van der Waals surface area contributed by atoms with Gasteiger partial charge in [0.1, 0.15) is 0 Å². The Hall–Kier alpha value is -1.73. The maximum absolute atomic E-state index is 10.7. The number of terminal acetylenes is 1. The van der Waals surface area contributed by atoms with Crippen LogP contribution >= 0.6 is 11.6 Å². The lowest BCUT2D eigenvalue weighted by Gasteiger charge is -2.08. The highest BCUT2D eigenvalue weighted by Gasteiger charge is 2.12. The predicted octanol–water partition coefficient (Wildman–Crippen LogP) is 1.83. The molecule has 0 radical (unpaired) electrons. The molecule has 1 aromatic heterocycles. The van der Waals surface area contributed by atoms with Crippen LogP contribution in [0.1, 0.15) is 17.4 Å². The molecule has 78 valence electrons. The Bertz CT molecular complexity index is 425. The van der Waals surface area contributed by atoms with Gasteiger partial charge in [0.2, 0.25) is 5.88 Å². The highest BCUT2D eigenvalue weighted by atomic mass is 35.5. The van der Waals surface area contributed by atoms with E-state index < -0.39 is 12.1 Å². The second-order valence-corrected chi connectivity index (χ2v) is 3.12. The molecule has 0 aliphatic heterocycles. The highest BCUT2D eigenvalue weighted by molar-refractivity contribution is 6.33. The molecule has 0 aromatic carbocycles. The van der Waals surface area contributed by atoms with Crippen molar-refractivity contribution in [3.8, 4) is 18.2 Å². The van der Waals surface area contributed by atoms with Gasteiger partial charge in [-0.05, 0) is 13.0 Å². The number of ether oxygens (including phenoxy) is 1. The van der Waals surface area contributed by atoms with Gasteiger partial charge in [0, 0.05) is 6.07 Å². The summed E-state index contributed by atoms with van der Waals surface area (Å²) >= 11 is 5.62. The molecule has 0 aliphatic rings. The van der Waals surface area contributed by atoms with Gasteiger partial charge in [-0.2, -0.15) is 0 Å². The normalized spacial score (nSPS) is 11.5. The third-order valence-electron chi connectivity index (χ3n) is 1.56. The van der Waals surface area contributed by atoms with Crippen LogP contribution < -0.4 is 4.74 Å². The first kappa shape index (κ1) is 11.3. The van der Waals surface area contributed by atoms with E-state index in [0.717, 1.165) is 0 Å². The highest BCUT2D eigenvalue weighted by Crippen LogP contribution is 2.18. The van der Waals surface area contributed by atoms with E-state index >= 15 is 0 Å². The van der Waals surface area contributed by atoms with E-state index in [1.807, 2.05) is 0 Å². The van der Waals surface area contributed by atoms with Crippen LogP contribution in [0.15, 0.2) is 12.1 Å². The van der Waals surface area contributed by atoms with Crippen LogP contribution in [0.4, 0.5) is 0 Å². The number of carbonyl (C=O) groups is 1. The zero-order valence-electron chi connectivity index (χ0n) is 7.90. The van der Waals surface area contributed by atoms with Gasteiger partial charge in [0.05, 0.1) is 5.02 Å². The number of pyridine rings is 1. The van der Waals surface area contributed by atoms with Gasteiger partial charge in [0.25, 0.3) is 0 Å². The van der Waals surface area contributed by atoms with Crippen LogP contribution in [0.2, 0.25) is 5.02 Å². The summed E-state index contributed by atoms with van der Waals surface area (Å²) < 4.78 is 5.14. The summed E-state index contributed by atoms with van der Waals surface area (Å²) in [6, 6.07) is 2.86. The van der Waals surface area contributed by atoms with Gasteiger partial charge in [0.15, 0.2) is 11.8 Å². The maximum Gasteiger partial charge on any atom is 0.356 e. The van der Waals surface area contributed by atoms with Crippen molar-refractivity contribution in [2.24, 2.45) is 0 Å². The number of hydrogen-bond acceptors (Lipinski definition) is 3. The molecule has 0 spiro atoms. The first-order valence-electron chi connectivity index (χ1n) is 4.07. The molecular formula is C10H8ClNO3. The summed E-state index contributed by atoms with van der Waals surface area (Å²) in [5, 5.41) is 8.80. The summed E-state index contributed by atoms with van der Waals surface area (Å²) in [5.41, 5.74) is -0.251. The Labute approximate surface area is 91.8 Å². The zero-order valence-corrected chi connectivity index (χ0v) is 8.65. The molecule has 15 heavy (non-hydrogen) atoms. The summed E-state index contributed by atoms with van der Waals surface area (Å²) in [7, 11) is 0. The van der Waals surface area contributed by atoms with Crippen LogP contribution in [-0.2, 0) is 0 Å². The standard InChI is InChI=1S/C10H8ClNO3/c1-3-6(2)15-8-5-4-7(11)9(12-8)10(13)14/h1,4-6H,2H3,(H,13,14). The van der Waals surface area contributed by atoms with E-state index in [1.54, 1.807) is 6.92 Å². The van der Waals surface area contributed by atoms with Crippen molar-refractivity contribution in [3.63, 3.8) is 0 Å². The fraction of sp³-hybridized carbons (Fsp3) is 0.200. The smallest absolute Gasteiger partial charge is 0.356 e. The average molecular weight is 226 g/mol. The number of rotatable bonds is 3. The van der Waals surface area contributed by atoms with Gasteiger partial charge in [-0.25, -0.2) is 9.78 Å². The Morgan fingerprint density at radius 1 is 1.73 bits per heavy atom. The lowest BCUT2D eigenvalue weighted by Crippen LogP contribution is -2.11. The summed E-state index contributed by atoms with van der Waals surface area (Å²) in [6.45, 7) is 1.65. The van der Waals surface area contributed by atoms with E-state index in [0.29, 0.717) is 0 Å². The molecular weight excluding hydrogens is 218 g/mol. The molecule has 0 saturated heterocycles. The van der Waals surface area contributed by atoms with Crippen molar-refractivity contribution >= 4 is 17.6 Å². The molecule has 4 nitrogen and oxygen atoms in total. The number of aromatic carboxylic acids is 1. The number of hydrogen-bond donors (Lipinski definition) is 1. The van der Waals surface area contributed by atoms with Gasteiger partial charge < -0.3 is 9.84 Å². The molecule has 1 rings (SSSR count). The lowest BCUT2D eigenvalue weighted by molar-refractivity contribution is 0.0689. The van der Waals surface area contributed by atoms with Crippen LogP contribution in [-0.4, -0.2) is 22.2 Å². The first-order chi connectivity index (χ1) is 7.04. The Morgan fingerprint density at radius 3 is 2.93 bits per heavy atom. The maximum atomic E-state index is 10.7. The van der Waals surface area contributed by atoms with E-state index in [4.69, 9.17) is 27.9 Å². The van der Waals surface area contributed by atoms with Gasteiger partial charge >= 0.3 is 5.97 Å². The lowest BCUT2D eigenvalue weighted by atomic mass is 10.3. The van der Waals surface area contributed by atoms with Crippen LogP contribution in [0.3, 0.4) is 0 Å². The molecule has 1 heterocycles. The van der Waals surface area contributed by atoms with E-state index in [1.165, 1.54) is 12.1 Å². The molecule has 1 atom stereocenters. The van der Waals surface area contributed by atoms with Crippen molar-refractivity contribution in [3.05, 3.63) is 22.8 Å². The second-order valence-electron chi connectivity index (χ2n) is 2.71. The minimum Gasteiger partial charge on any atom is -0.476 e. The number of halogens is 1. The monoisotopic (exact) mass is 225 g/mol. The van der Waals surface area contributed by atoms with Crippen molar-refractivity contribution in [1.29, 1.82) is 0 Å². The molecule has 0 saturated carbocycles. The van der Waals surface area contributed by atoms with Crippen LogP contribution in [0.5, 0.6) is 5.88 Å². The minimum absolute atomic E-state index is 0.0585. The third-order valence-corrected chi connectivity index (χ3v) is 1.86. The molecule has 0 aliphatic carbocycles. The molecule has 1 N–H and O–H groups in total. The number of carboxylic acids is 1. The van der Waals surface area contributed by atoms with Crippen LogP contribution in [0, 0.1) is 12.3 Å². The Morgan fingerprint density at radius 2 is 2.40 bits per heavy atom. The van der Waals surface area contributed by atoms with E-state index in [9.17, 15) is 4.79 Å². The van der Waals surface area contributed by atoms with Crippen LogP contribution in [0.25, 0.3) is 0 Å². The van der Waals surface area contributed by atoms with Gasteiger partial charge in [-0.1, -0.05) is 17.5 Å². The SMILES string of the molecule is C#CC(C)Oc1ccc(Cl)c(C(=O)O)n1. The van der Waals surface area contributed by atoms with Gasteiger partial charge in [-0.3, -0.25) is 0 Å². The number of nitrogens with zero attached hydrogens (tertiary/aromatic N) is 1. The second kappa shape index (κ2) is 4.67. The topological polar surface area (TPSA) is 59.4 Å². The number of aromatic nitrogens is 1. The molecule has 0 fully saturated rings. The van der Waals surface area contributed by atoms with Gasteiger partial charge in [-0.15, -0.1) is 6.42 Å². The quantitative estimate of drug-likeness (QED) is 0.798. The van der Waals surface area contributed by atoms with E-state index in [2.05, 4.69) is 10.9 Å². The Kier molecular flexibility index (Phi) is 3.53.